The van der Waals surface area contributed by atoms with Crippen LogP contribution in [0.25, 0.3) is 10.6 Å². The maximum atomic E-state index is 12.0. The summed E-state index contributed by atoms with van der Waals surface area (Å²) in [5.74, 6) is 0.803. The average molecular weight is 350 g/mol. The van der Waals surface area contributed by atoms with Gasteiger partial charge in [-0.25, -0.2) is 4.98 Å². The van der Waals surface area contributed by atoms with Gasteiger partial charge in [-0.15, -0.1) is 11.3 Å². The Kier molecular flexibility index (Phi) is 5.07. The van der Waals surface area contributed by atoms with Crippen LogP contribution in [0, 0.1) is 11.3 Å². The number of methoxy groups -OCH3 is 1. The van der Waals surface area contributed by atoms with E-state index in [2.05, 4.69) is 4.98 Å². The van der Waals surface area contributed by atoms with Crippen LogP contribution in [0.1, 0.15) is 11.3 Å². The first-order chi connectivity index (χ1) is 12.2. The van der Waals surface area contributed by atoms with Gasteiger partial charge in [-0.2, -0.15) is 5.26 Å². The van der Waals surface area contributed by atoms with Crippen molar-refractivity contribution in [3.05, 3.63) is 65.2 Å². The van der Waals surface area contributed by atoms with E-state index >= 15 is 0 Å². The van der Waals surface area contributed by atoms with E-state index in [1.165, 1.54) is 11.3 Å². The minimum absolute atomic E-state index is 0.0899. The molecule has 0 aliphatic carbocycles. The van der Waals surface area contributed by atoms with Crippen molar-refractivity contribution in [1.29, 1.82) is 5.26 Å². The Balaban J connectivity index is 1.63. The summed E-state index contributed by atoms with van der Waals surface area (Å²) < 4.78 is 10.4. The first-order valence-corrected chi connectivity index (χ1v) is 8.35. The zero-order valence-corrected chi connectivity index (χ0v) is 14.2. The number of esters is 1. The van der Waals surface area contributed by atoms with Gasteiger partial charge in [0.15, 0.2) is 0 Å². The third-order valence-electron chi connectivity index (χ3n) is 3.43. The molecule has 1 heterocycles. The summed E-state index contributed by atoms with van der Waals surface area (Å²) in [6.07, 6.45) is 0.0899. The van der Waals surface area contributed by atoms with Crippen molar-refractivity contribution in [2.75, 3.05) is 7.11 Å². The molecule has 0 bridgehead atoms. The van der Waals surface area contributed by atoms with Gasteiger partial charge in [0.2, 0.25) is 0 Å². The van der Waals surface area contributed by atoms with E-state index in [0.29, 0.717) is 17.0 Å². The number of thiazole rings is 1. The minimum atomic E-state index is -0.392. The Bertz CT molecular complexity index is 909. The number of hydrogen-bond acceptors (Lipinski definition) is 6. The second-order valence-corrected chi connectivity index (χ2v) is 6.02. The van der Waals surface area contributed by atoms with Gasteiger partial charge in [-0.1, -0.05) is 0 Å². The monoisotopic (exact) mass is 350 g/mol. The molecule has 0 aliphatic rings. The summed E-state index contributed by atoms with van der Waals surface area (Å²) >= 11 is 1.47. The fourth-order valence-electron chi connectivity index (χ4n) is 2.17. The Morgan fingerprint density at radius 3 is 2.44 bits per heavy atom. The van der Waals surface area contributed by atoms with E-state index in [4.69, 9.17) is 14.7 Å². The molecule has 0 saturated carbocycles. The lowest BCUT2D eigenvalue weighted by Crippen LogP contribution is -2.11. The zero-order chi connectivity index (χ0) is 17.6. The second kappa shape index (κ2) is 7.60. The van der Waals surface area contributed by atoms with Crippen LogP contribution in [-0.2, 0) is 11.2 Å². The van der Waals surface area contributed by atoms with Crippen LogP contribution in [0.15, 0.2) is 53.9 Å². The van der Waals surface area contributed by atoms with Gasteiger partial charge in [-0.05, 0) is 48.5 Å². The van der Waals surface area contributed by atoms with Gasteiger partial charge in [0.25, 0.3) is 0 Å². The summed E-state index contributed by atoms with van der Waals surface area (Å²) in [5.41, 5.74) is 2.15. The number of aromatic nitrogens is 1. The molecule has 0 amide bonds. The van der Waals surface area contributed by atoms with Gasteiger partial charge in [0.1, 0.15) is 16.5 Å². The largest absolute Gasteiger partial charge is 0.497 e. The van der Waals surface area contributed by atoms with Gasteiger partial charge in [-0.3, -0.25) is 4.79 Å². The van der Waals surface area contributed by atoms with E-state index in [1.54, 1.807) is 31.4 Å². The molecule has 0 N–H and O–H groups in total. The molecule has 25 heavy (non-hydrogen) atoms. The molecule has 6 heteroatoms. The number of rotatable bonds is 5. The van der Waals surface area contributed by atoms with Crippen molar-refractivity contribution in [1.82, 2.24) is 4.98 Å². The number of nitriles is 1. The van der Waals surface area contributed by atoms with Crippen molar-refractivity contribution >= 4 is 17.3 Å². The molecule has 0 fully saturated rings. The van der Waals surface area contributed by atoms with E-state index in [1.807, 2.05) is 35.7 Å². The number of carbonyl (C=O) groups is 1. The Labute approximate surface area is 149 Å². The molecule has 3 aromatic rings. The Morgan fingerprint density at radius 1 is 1.12 bits per heavy atom. The van der Waals surface area contributed by atoms with E-state index in [-0.39, 0.29) is 6.42 Å². The average Bonchev–Trinajstić information content (AvgIpc) is 3.10. The van der Waals surface area contributed by atoms with Crippen LogP contribution in [0.2, 0.25) is 0 Å². The van der Waals surface area contributed by atoms with Gasteiger partial charge in [0, 0.05) is 10.9 Å². The number of benzene rings is 2. The molecule has 0 unspecified atom stereocenters. The van der Waals surface area contributed by atoms with E-state index in [9.17, 15) is 4.79 Å². The molecule has 5 nitrogen and oxygen atoms in total. The van der Waals surface area contributed by atoms with Crippen molar-refractivity contribution in [2.45, 2.75) is 6.42 Å². The van der Waals surface area contributed by atoms with Gasteiger partial charge >= 0.3 is 5.97 Å². The highest BCUT2D eigenvalue weighted by atomic mass is 32.1. The first-order valence-electron chi connectivity index (χ1n) is 7.47. The topological polar surface area (TPSA) is 72.2 Å². The molecule has 0 aliphatic heterocycles. The number of carbonyl (C=O) groups excluding carboxylic acids is 1. The smallest absolute Gasteiger partial charge is 0.317 e. The van der Waals surface area contributed by atoms with Crippen LogP contribution in [0.3, 0.4) is 0 Å². The molecule has 0 radical (unpaired) electrons. The summed E-state index contributed by atoms with van der Waals surface area (Å²) in [5, 5.41) is 11.4. The molecular formula is C19H14N2O3S. The fraction of sp³-hybridized carbons (Fsp3) is 0.105. The van der Waals surface area contributed by atoms with Crippen molar-refractivity contribution < 1.29 is 14.3 Å². The number of nitrogens with zero attached hydrogens (tertiary/aromatic N) is 2. The second-order valence-electron chi connectivity index (χ2n) is 5.16. The highest BCUT2D eigenvalue weighted by molar-refractivity contribution is 7.13. The third-order valence-corrected chi connectivity index (χ3v) is 4.37. The van der Waals surface area contributed by atoms with E-state index < -0.39 is 5.97 Å². The van der Waals surface area contributed by atoms with Crippen molar-refractivity contribution in [2.24, 2.45) is 0 Å². The lowest BCUT2D eigenvalue weighted by molar-refractivity contribution is -0.133. The summed E-state index contributed by atoms with van der Waals surface area (Å²) in [4.78, 5) is 16.5. The lowest BCUT2D eigenvalue weighted by atomic mass is 10.2. The van der Waals surface area contributed by atoms with Gasteiger partial charge < -0.3 is 9.47 Å². The first kappa shape index (κ1) is 16.7. The highest BCUT2D eigenvalue weighted by Crippen LogP contribution is 2.26. The fourth-order valence-corrected chi connectivity index (χ4v) is 2.99. The summed E-state index contributed by atoms with van der Waals surface area (Å²) in [7, 11) is 1.62. The molecule has 0 spiro atoms. The van der Waals surface area contributed by atoms with Crippen LogP contribution < -0.4 is 9.47 Å². The molecule has 3 rings (SSSR count). The minimum Gasteiger partial charge on any atom is -0.497 e. The lowest BCUT2D eigenvalue weighted by Gasteiger charge is -2.03. The SMILES string of the molecule is COc1ccc(-c2nc(CC(=O)Oc3ccc(C#N)cc3)cs2)cc1. The Hall–Kier alpha value is -3.17. The molecule has 0 atom stereocenters. The standard InChI is InChI=1S/C19H14N2O3S/c1-23-16-8-4-14(5-9-16)19-21-15(12-25-19)10-18(22)24-17-6-2-13(11-20)3-7-17/h2-9,12H,10H2,1H3. The van der Waals surface area contributed by atoms with Crippen LogP contribution in [0.5, 0.6) is 11.5 Å². The molecule has 1 aromatic heterocycles. The quantitative estimate of drug-likeness (QED) is 0.516. The van der Waals surface area contributed by atoms with Gasteiger partial charge in [0.05, 0.1) is 30.9 Å². The van der Waals surface area contributed by atoms with Crippen LogP contribution >= 0.6 is 11.3 Å². The van der Waals surface area contributed by atoms with Crippen molar-refractivity contribution in [3.63, 3.8) is 0 Å². The predicted molar refractivity (Wildman–Crippen MR) is 94.6 cm³/mol. The Morgan fingerprint density at radius 2 is 1.80 bits per heavy atom. The number of hydrogen-bond donors (Lipinski definition) is 0. The summed E-state index contributed by atoms with van der Waals surface area (Å²) in [6.45, 7) is 0. The maximum Gasteiger partial charge on any atom is 0.317 e. The third kappa shape index (κ3) is 4.22. The maximum absolute atomic E-state index is 12.0. The highest BCUT2D eigenvalue weighted by Gasteiger charge is 2.11. The van der Waals surface area contributed by atoms with Crippen molar-refractivity contribution in [3.8, 4) is 28.1 Å². The normalized spacial score (nSPS) is 10.1. The predicted octanol–water partition coefficient (Wildman–Crippen LogP) is 3.84. The summed E-state index contributed by atoms with van der Waals surface area (Å²) in [6, 6.07) is 16.0. The van der Waals surface area contributed by atoms with Crippen LogP contribution in [0.4, 0.5) is 0 Å². The van der Waals surface area contributed by atoms with E-state index in [0.717, 1.165) is 16.3 Å². The molecule has 0 saturated heterocycles. The van der Waals surface area contributed by atoms with Crippen LogP contribution in [-0.4, -0.2) is 18.1 Å². The number of ether oxygens (including phenoxy) is 2. The zero-order valence-electron chi connectivity index (χ0n) is 13.4. The molecule has 124 valence electrons. The molecule has 2 aromatic carbocycles. The molecular weight excluding hydrogens is 336 g/mol.